The Morgan fingerprint density at radius 3 is 2.22 bits per heavy atom. The number of aryl methyl sites for hydroxylation is 2. The molecule has 88 valence electrons. The Morgan fingerprint density at radius 1 is 0.833 bits per heavy atom. The van der Waals surface area contributed by atoms with Gasteiger partial charge in [0.05, 0.1) is 0 Å². The Bertz CT molecular complexity index is 696. The van der Waals surface area contributed by atoms with Crippen molar-refractivity contribution in [1.29, 1.82) is 0 Å². The Labute approximate surface area is 107 Å². The summed E-state index contributed by atoms with van der Waals surface area (Å²) in [4.78, 5) is 0. The molecule has 1 nitrogen and oxygen atoms in total. The molecule has 1 aromatic heterocycles. The Hall–Kier alpha value is -2.15. The van der Waals surface area contributed by atoms with Crippen LogP contribution in [0.4, 0.5) is 0 Å². The van der Waals surface area contributed by atoms with E-state index in [4.69, 9.17) is 0 Å². The van der Waals surface area contributed by atoms with Gasteiger partial charge in [-0.1, -0.05) is 35.9 Å². The summed E-state index contributed by atoms with van der Waals surface area (Å²) in [6.45, 7) is 2.12. The molecule has 0 spiro atoms. The maximum Gasteiger partial charge on any atom is 0.212 e. The van der Waals surface area contributed by atoms with Crippen LogP contribution in [0.1, 0.15) is 5.56 Å². The first-order chi connectivity index (χ1) is 8.74. The third-order valence-electron chi connectivity index (χ3n) is 3.35. The van der Waals surface area contributed by atoms with Gasteiger partial charge in [-0.3, -0.25) is 0 Å². The van der Waals surface area contributed by atoms with E-state index in [1.54, 1.807) is 0 Å². The summed E-state index contributed by atoms with van der Waals surface area (Å²) in [6.07, 6.45) is 2.19. The van der Waals surface area contributed by atoms with Crippen molar-refractivity contribution in [2.75, 3.05) is 0 Å². The summed E-state index contributed by atoms with van der Waals surface area (Å²) in [6, 6.07) is 19.4. The fraction of sp³-hybridized carbons (Fsp3) is 0.118. The zero-order valence-electron chi connectivity index (χ0n) is 10.7. The lowest BCUT2D eigenvalue weighted by atomic mass is 10.1. The van der Waals surface area contributed by atoms with Crippen molar-refractivity contribution in [3.63, 3.8) is 0 Å². The Morgan fingerprint density at radius 2 is 1.50 bits per heavy atom. The van der Waals surface area contributed by atoms with E-state index >= 15 is 0 Å². The number of pyridine rings is 1. The zero-order chi connectivity index (χ0) is 12.5. The molecule has 3 rings (SSSR count). The van der Waals surface area contributed by atoms with Crippen LogP contribution >= 0.6 is 0 Å². The van der Waals surface area contributed by atoms with Gasteiger partial charge >= 0.3 is 0 Å². The summed E-state index contributed by atoms with van der Waals surface area (Å²) in [5.41, 5.74) is 3.80. The summed E-state index contributed by atoms with van der Waals surface area (Å²) >= 11 is 0. The van der Waals surface area contributed by atoms with E-state index in [1.807, 2.05) is 0 Å². The van der Waals surface area contributed by atoms with Gasteiger partial charge in [-0.05, 0) is 30.5 Å². The quantitative estimate of drug-likeness (QED) is 0.566. The molecule has 0 aliphatic heterocycles. The lowest BCUT2D eigenvalue weighted by Gasteiger charge is -2.03. The topological polar surface area (TPSA) is 3.88 Å². The number of nitrogens with zero attached hydrogens (tertiary/aromatic N) is 1. The van der Waals surface area contributed by atoms with E-state index in [0.717, 1.165) is 0 Å². The van der Waals surface area contributed by atoms with E-state index in [2.05, 4.69) is 79.3 Å². The molecule has 0 saturated heterocycles. The fourth-order valence-corrected chi connectivity index (χ4v) is 2.30. The Balaban J connectivity index is 2.22. The van der Waals surface area contributed by atoms with E-state index < -0.39 is 0 Å². The summed E-state index contributed by atoms with van der Waals surface area (Å²) in [5.74, 6) is 0. The van der Waals surface area contributed by atoms with Crippen molar-refractivity contribution in [3.05, 3.63) is 66.4 Å². The number of fused-ring (bicyclic) bond motifs is 1. The van der Waals surface area contributed by atoms with Crippen molar-refractivity contribution in [2.45, 2.75) is 6.92 Å². The van der Waals surface area contributed by atoms with Crippen molar-refractivity contribution in [2.24, 2.45) is 7.05 Å². The molecule has 0 atom stereocenters. The van der Waals surface area contributed by atoms with Gasteiger partial charge in [0.1, 0.15) is 7.05 Å². The highest BCUT2D eigenvalue weighted by Gasteiger charge is 2.10. The van der Waals surface area contributed by atoms with E-state index in [-0.39, 0.29) is 0 Å². The van der Waals surface area contributed by atoms with E-state index in [9.17, 15) is 0 Å². The third kappa shape index (κ3) is 1.88. The van der Waals surface area contributed by atoms with Crippen LogP contribution in [0.15, 0.2) is 60.8 Å². The van der Waals surface area contributed by atoms with Gasteiger partial charge in [-0.15, -0.1) is 0 Å². The second kappa shape index (κ2) is 4.26. The van der Waals surface area contributed by atoms with Crippen LogP contribution in [0.5, 0.6) is 0 Å². The van der Waals surface area contributed by atoms with Crippen LogP contribution in [0.3, 0.4) is 0 Å². The maximum absolute atomic E-state index is 2.25. The van der Waals surface area contributed by atoms with E-state index in [1.165, 1.54) is 27.6 Å². The molecule has 1 heterocycles. The van der Waals surface area contributed by atoms with Gasteiger partial charge in [0.25, 0.3) is 0 Å². The second-order valence-corrected chi connectivity index (χ2v) is 4.76. The SMILES string of the molecule is Cc1ccc(-c2cc3ccccc3c[n+]2C)cc1. The Kier molecular flexibility index (Phi) is 2.60. The first-order valence-electron chi connectivity index (χ1n) is 6.19. The molecule has 0 amide bonds. The zero-order valence-corrected chi connectivity index (χ0v) is 10.7. The minimum Gasteiger partial charge on any atom is -0.200 e. The first-order valence-corrected chi connectivity index (χ1v) is 6.19. The molecule has 0 aliphatic rings. The molecule has 3 aromatic rings. The average molecular weight is 234 g/mol. The van der Waals surface area contributed by atoms with Gasteiger partial charge in [0.2, 0.25) is 5.69 Å². The molecule has 0 bridgehead atoms. The van der Waals surface area contributed by atoms with Gasteiger partial charge in [-0.2, -0.15) is 0 Å². The average Bonchev–Trinajstić information content (AvgIpc) is 2.39. The van der Waals surface area contributed by atoms with Crippen LogP contribution in [-0.2, 0) is 7.05 Å². The normalized spacial score (nSPS) is 10.8. The second-order valence-electron chi connectivity index (χ2n) is 4.76. The minimum absolute atomic E-state index is 1.24. The number of hydrogen-bond acceptors (Lipinski definition) is 0. The maximum atomic E-state index is 2.25. The van der Waals surface area contributed by atoms with E-state index in [0.29, 0.717) is 0 Å². The predicted octanol–water partition coefficient (Wildman–Crippen LogP) is 3.64. The third-order valence-corrected chi connectivity index (χ3v) is 3.35. The summed E-state index contributed by atoms with van der Waals surface area (Å²) in [7, 11) is 2.10. The summed E-state index contributed by atoms with van der Waals surface area (Å²) in [5, 5.41) is 2.56. The van der Waals surface area contributed by atoms with Crippen molar-refractivity contribution in [1.82, 2.24) is 0 Å². The molecule has 0 saturated carbocycles. The van der Waals surface area contributed by atoms with Gasteiger partial charge in [0.15, 0.2) is 6.20 Å². The molecule has 0 radical (unpaired) electrons. The molecule has 1 heteroatoms. The van der Waals surface area contributed by atoms with Gasteiger partial charge < -0.3 is 0 Å². The standard InChI is InChI=1S/C17H16N/c1-13-7-9-14(10-8-13)17-11-15-5-3-4-6-16(15)12-18(17)2/h3-12H,1-2H3/q+1. The van der Waals surface area contributed by atoms with Gasteiger partial charge in [-0.25, -0.2) is 4.57 Å². The number of benzene rings is 2. The first kappa shape index (κ1) is 11.0. The van der Waals surface area contributed by atoms with Crippen LogP contribution in [0.25, 0.3) is 22.0 Å². The molecule has 0 unspecified atom stereocenters. The van der Waals surface area contributed by atoms with Crippen molar-refractivity contribution in [3.8, 4) is 11.3 Å². The lowest BCUT2D eigenvalue weighted by Crippen LogP contribution is -2.30. The highest BCUT2D eigenvalue weighted by atomic mass is 14.9. The van der Waals surface area contributed by atoms with Crippen LogP contribution in [0.2, 0.25) is 0 Å². The fourth-order valence-electron chi connectivity index (χ4n) is 2.30. The predicted molar refractivity (Wildman–Crippen MR) is 75.3 cm³/mol. The largest absolute Gasteiger partial charge is 0.212 e. The number of aromatic nitrogens is 1. The highest BCUT2D eigenvalue weighted by molar-refractivity contribution is 5.83. The molecule has 0 aliphatic carbocycles. The molecule has 0 N–H and O–H groups in total. The molecule has 2 aromatic carbocycles. The molecular weight excluding hydrogens is 218 g/mol. The molecule has 0 fully saturated rings. The van der Waals surface area contributed by atoms with Crippen LogP contribution in [0, 0.1) is 6.92 Å². The monoisotopic (exact) mass is 234 g/mol. The van der Waals surface area contributed by atoms with Crippen LogP contribution in [-0.4, -0.2) is 0 Å². The lowest BCUT2D eigenvalue weighted by molar-refractivity contribution is -0.659. The summed E-state index contributed by atoms with van der Waals surface area (Å²) < 4.78 is 2.19. The van der Waals surface area contributed by atoms with Gasteiger partial charge in [0, 0.05) is 17.0 Å². The number of hydrogen-bond donors (Lipinski definition) is 0. The highest BCUT2D eigenvalue weighted by Crippen LogP contribution is 2.20. The smallest absolute Gasteiger partial charge is 0.200 e. The van der Waals surface area contributed by atoms with Crippen molar-refractivity contribution >= 4 is 10.8 Å². The number of rotatable bonds is 1. The van der Waals surface area contributed by atoms with Crippen LogP contribution < -0.4 is 4.57 Å². The molecule has 18 heavy (non-hydrogen) atoms. The minimum atomic E-state index is 1.24. The molecular formula is C17H16N+. The van der Waals surface area contributed by atoms with Crippen molar-refractivity contribution < 1.29 is 4.57 Å².